The summed E-state index contributed by atoms with van der Waals surface area (Å²) in [6.07, 6.45) is 31.6. The molecule has 1 N–H and O–H groups in total. The molecule has 0 aliphatic heterocycles. The molecule has 39 heavy (non-hydrogen) atoms. The van der Waals surface area contributed by atoms with E-state index in [-0.39, 0.29) is 0 Å². The zero-order chi connectivity index (χ0) is 28.7. The van der Waals surface area contributed by atoms with E-state index in [0.29, 0.717) is 13.2 Å². The van der Waals surface area contributed by atoms with Gasteiger partial charge in [0.05, 0.1) is 13.2 Å². The van der Waals surface area contributed by atoms with Crippen LogP contribution in [-0.2, 0) is 13.6 Å². The highest BCUT2D eigenvalue weighted by atomic mass is 31.2. The van der Waals surface area contributed by atoms with Gasteiger partial charge in [-0.05, 0) is 51.7 Å². The van der Waals surface area contributed by atoms with E-state index in [4.69, 9.17) is 9.05 Å². The molecule has 0 aliphatic rings. The molecule has 0 rings (SSSR count). The lowest BCUT2D eigenvalue weighted by Crippen LogP contribution is -2.27. The fraction of sp³-hybridized carbons (Fsp3) is 1.00. The molecule has 0 aromatic carbocycles. The zero-order valence-electron chi connectivity index (χ0n) is 26.8. The third-order valence-electron chi connectivity index (χ3n) is 7.78. The predicted octanol–water partition coefficient (Wildman–Crippen LogP) is 11.2. The van der Waals surface area contributed by atoms with E-state index in [0.717, 1.165) is 32.1 Å². The Morgan fingerprint density at radius 1 is 0.436 bits per heavy atom. The van der Waals surface area contributed by atoms with E-state index >= 15 is 0 Å². The van der Waals surface area contributed by atoms with Gasteiger partial charge in [-0.25, -0.2) is 4.57 Å². The third kappa shape index (κ3) is 30.8. The van der Waals surface area contributed by atoms with Crippen molar-refractivity contribution in [3.8, 4) is 0 Å². The summed E-state index contributed by atoms with van der Waals surface area (Å²) < 4.78 is 22.4. The molecule has 0 aromatic heterocycles. The standard InChI is InChI=1S/C33H70NO4P/c1-4-7-10-13-16-19-24-29-34(30-25-20-17-14-11-8-5-2)31-26-21-23-28-33-38-39(35,36)37-32-27-22-18-15-12-9-6-3/h4-33H2,1-3H3,(H,35,36). The van der Waals surface area contributed by atoms with Gasteiger partial charge in [-0.2, -0.15) is 0 Å². The number of phosphoric acid groups is 1. The van der Waals surface area contributed by atoms with Crippen molar-refractivity contribution in [3.63, 3.8) is 0 Å². The largest absolute Gasteiger partial charge is 0.472 e. The lowest BCUT2D eigenvalue weighted by atomic mass is 10.1. The van der Waals surface area contributed by atoms with Gasteiger partial charge in [0.15, 0.2) is 0 Å². The summed E-state index contributed by atoms with van der Waals surface area (Å²) in [6, 6.07) is 0. The lowest BCUT2D eigenvalue weighted by molar-refractivity contribution is 0.145. The van der Waals surface area contributed by atoms with Crippen molar-refractivity contribution in [2.75, 3.05) is 32.8 Å². The van der Waals surface area contributed by atoms with Crippen molar-refractivity contribution >= 4 is 7.82 Å². The Hall–Kier alpha value is 0.0700. The summed E-state index contributed by atoms with van der Waals surface area (Å²) in [4.78, 5) is 12.6. The van der Waals surface area contributed by atoms with Gasteiger partial charge in [0.2, 0.25) is 0 Å². The average molecular weight is 576 g/mol. The fourth-order valence-electron chi connectivity index (χ4n) is 5.17. The Morgan fingerprint density at radius 3 is 1.00 bits per heavy atom. The van der Waals surface area contributed by atoms with Gasteiger partial charge in [0, 0.05) is 0 Å². The molecule has 0 saturated carbocycles. The highest BCUT2D eigenvalue weighted by Crippen LogP contribution is 2.43. The van der Waals surface area contributed by atoms with Crippen molar-refractivity contribution in [3.05, 3.63) is 0 Å². The minimum atomic E-state index is -3.89. The van der Waals surface area contributed by atoms with E-state index in [1.165, 1.54) is 148 Å². The first-order valence-electron chi connectivity index (χ1n) is 17.4. The van der Waals surface area contributed by atoms with Crippen LogP contribution in [0.5, 0.6) is 0 Å². The van der Waals surface area contributed by atoms with E-state index < -0.39 is 7.82 Å². The summed E-state index contributed by atoms with van der Waals surface area (Å²) in [6.45, 7) is 11.1. The number of rotatable bonds is 33. The van der Waals surface area contributed by atoms with Crippen molar-refractivity contribution in [2.24, 2.45) is 0 Å². The van der Waals surface area contributed by atoms with Gasteiger partial charge in [-0.15, -0.1) is 0 Å². The summed E-state index contributed by atoms with van der Waals surface area (Å²) in [7, 11) is -3.89. The first-order valence-corrected chi connectivity index (χ1v) is 18.9. The third-order valence-corrected chi connectivity index (χ3v) is 8.80. The van der Waals surface area contributed by atoms with Gasteiger partial charge in [-0.3, -0.25) is 9.05 Å². The summed E-state index contributed by atoms with van der Waals surface area (Å²) in [5.74, 6) is 0. The number of phosphoric ester groups is 1. The Bertz CT molecular complexity index is 502. The zero-order valence-corrected chi connectivity index (χ0v) is 27.7. The minimum absolute atomic E-state index is 0.310. The summed E-state index contributed by atoms with van der Waals surface area (Å²) >= 11 is 0. The van der Waals surface area contributed by atoms with Crippen molar-refractivity contribution in [1.29, 1.82) is 0 Å². The monoisotopic (exact) mass is 576 g/mol. The first kappa shape index (κ1) is 39.1. The molecule has 0 amide bonds. The number of hydrogen-bond donors (Lipinski definition) is 1. The van der Waals surface area contributed by atoms with Crippen molar-refractivity contribution < 1.29 is 18.5 Å². The molecule has 0 saturated heterocycles. The van der Waals surface area contributed by atoms with Crippen LogP contribution in [0.2, 0.25) is 0 Å². The molecular weight excluding hydrogens is 505 g/mol. The SMILES string of the molecule is CCCCCCCCCOP(=O)(O)OCCCCCCN(CCCCCCCCC)CCCCCCCCC. The van der Waals surface area contributed by atoms with Gasteiger partial charge in [0.1, 0.15) is 0 Å². The van der Waals surface area contributed by atoms with Crippen LogP contribution >= 0.6 is 7.82 Å². The Kier molecular flexibility index (Phi) is 31.1. The van der Waals surface area contributed by atoms with E-state index in [1.54, 1.807) is 0 Å². The quantitative estimate of drug-likeness (QED) is 0.0623. The second kappa shape index (κ2) is 31.0. The maximum Gasteiger partial charge on any atom is 0.472 e. The molecule has 236 valence electrons. The van der Waals surface area contributed by atoms with Crippen molar-refractivity contribution in [2.45, 2.75) is 181 Å². The van der Waals surface area contributed by atoms with Gasteiger partial charge in [-0.1, -0.05) is 149 Å². The fourth-order valence-corrected chi connectivity index (χ4v) is 5.96. The molecule has 0 aliphatic carbocycles. The molecule has 5 nitrogen and oxygen atoms in total. The topological polar surface area (TPSA) is 59.0 Å². The van der Waals surface area contributed by atoms with Crippen LogP contribution in [0.1, 0.15) is 181 Å². The number of nitrogens with zero attached hydrogens (tertiary/aromatic N) is 1. The molecular formula is C33H70NO4P. The molecule has 0 bridgehead atoms. The summed E-state index contributed by atoms with van der Waals surface area (Å²) in [5, 5.41) is 0. The van der Waals surface area contributed by atoms with E-state index in [1.807, 2.05) is 0 Å². The normalized spacial score (nSPS) is 13.4. The molecule has 6 heteroatoms. The second-order valence-corrected chi connectivity index (χ2v) is 13.2. The van der Waals surface area contributed by atoms with Crippen LogP contribution in [0, 0.1) is 0 Å². The highest BCUT2D eigenvalue weighted by Gasteiger charge is 2.20. The summed E-state index contributed by atoms with van der Waals surface area (Å²) in [5.41, 5.74) is 0. The number of unbranched alkanes of at least 4 members (excludes halogenated alkanes) is 21. The molecule has 1 unspecified atom stereocenters. The van der Waals surface area contributed by atoms with Gasteiger partial charge in [0.25, 0.3) is 0 Å². The Balaban J connectivity index is 3.93. The van der Waals surface area contributed by atoms with Crippen LogP contribution in [0.4, 0.5) is 0 Å². The van der Waals surface area contributed by atoms with Crippen LogP contribution in [0.15, 0.2) is 0 Å². The van der Waals surface area contributed by atoms with E-state index in [2.05, 4.69) is 25.7 Å². The van der Waals surface area contributed by atoms with Gasteiger partial charge >= 0.3 is 7.82 Å². The van der Waals surface area contributed by atoms with Crippen LogP contribution in [0.3, 0.4) is 0 Å². The smallest absolute Gasteiger partial charge is 0.303 e. The van der Waals surface area contributed by atoms with Crippen LogP contribution in [-0.4, -0.2) is 42.6 Å². The molecule has 1 atom stereocenters. The maximum absolute atomic E-state index is 12.1. The Morgan fingerprint density at radius 2 is 0.692 bits per heavy atom. The van der Waals surface area contributed by atoms with Crippen LogP contribution in [0.25, 0.3) is 0 Å². The Labute approximate surface area is 245 Å². The second-order valence-electron chi connectivity index (χ2n) is 11.8. The molecule has 0 spiro atoms. The molecule has 0 heterocycles. The maximum atomic E-state index is 12.1. The molecule has 0 fully saturated rings. The average Bonchev–Trinajstić information content (AvgIpc) is 2.92. The highest BCUT2D eigenvalue weighted by molar-refractivity contribution is 7.47. The van der Waals surface area contributed by atoms with Crippen LogP contribution < -0.4 is 0 Å². The van der Waals surface area contributed by atoms with Crippen molar-refractivity contribution in [1.82, 2.24) is 4.90 Å². The molecule has 0 aromatic rings. The number of hydrogen-bond acceptors (Lipinski definition) is 4. The molecule has 0 radical (unpaired) electrons. The predicted molar refractivity (Wildman–Crippen MR) is 171 cm³/mol. The van der Waals surface area contributed by atoms with Gasteiger partial charge < -0.3 is 9.79 Å². The lowest BCUT2D eigenvalue weighted by Gasteiger charge is -2.22. The minimum Gasteiger partial charge on any atom is -0.303 e. The first-order chi connectivity index (χ1) is 19.1. The van der Waals surface area contributed by atoms with E-state index in [9.17, 15) is 9.46 Å².